The van der Waals surface area contributed by atoms with Gasteiger partial charge < -0.3 is 19.9 Å². The number of nitriles is 1. The van der Waals surface area contributed by atoms with Crippen LogP contribution in [0.4, 0.5) is 10.5 Å². The molecule has 0 bridgehead atoms. The second kappa shape index (κ2) is 14.1. The predicted molar refractivity (Wildman–Crippen MR) is 191 cm³/mol. The highest BCUT2D eigenvalue weighted by Crippen LogP contribution is 2.42. The maximum Gasteiger partial charge on any atom is 0.413 e. The fraction of sp³-hybridized carbons (Fsp3) is 0.333. The molecule has 2 saturated heterocycles. The Labute approximate surface area is 292 Å². The first kappa shape index (κ1) is 34.3. The number of ether oxygens (including phenoxy) is 1. The Morgan fingerprint density at radius 3 is 2.38 bits per heavy atom. The highest BCUT2D eigenvalue weighted by atomic mass is 16.6. The summed E-state index contributed by atoms with van der Waals surface area (Å²) in [6.07, 6.45) is 3.50. The van der Waals surface area contributed by atoms with E-state index in [1.54, 1.807) is 24.3 Å². The van der Waals surface area contributed by atoms with Crippen molar-refractivity contribution in [1.82, 2.24) is 15.1 Å². The second-order valence-corrected chi connectivity index (χ2v) is 13.3. The standard InChI is InChI=1S/C39H41N7O4/c1-25-4-11-32(21-33(25)35(41)30-9-10-31(22-40)26(2)20-30)46-19-15-39(37(46)48)14-18-44(24-39)23-34(47)45-16-12-28(13-17-45)27-5-7-29(8-6-27)36(42)50-38(49)43-3/h4-12,20-21,41-42H,13-19,23-24H2,1-3H3,(H,43,49)/t39-/m0/s1. The summed E-state index contributed by atoms with van der Waals surface area (Å²) in [7, 11) is 1.44. The van der Waals surface area contributed by atoms with Crippen molar-refractivity contribution >= 4 is 40.8 Å². The number of rotatable bonds is 7. The van der Waals surface area contributed by atoms with Crippen LogP contribution in [-0.2, 0) is 14.3 Å². The molecule has 256 valence electrons. The van der Waals surface area contributed by atoms with E-state index in [2.05, 4.69) is 22.4 Å². The molecule has 50 heavy (non-hydrogen) atoms. The average Bonchev–Trinajstić information content (AvgIpc) is 3.69. The normalized spacial score (nSPS) is 18.9. The molecule has 0 aromatic heterocycles. The number of hydrogen-bond donors (Lipinski definition) is 3. The largest absolute Gasteiger partial charge is 0.413 e. The summed E-state index contributed by atoms with van der Waals surface area (Å²) in [6.45, 7) is 7.03. The van der Waals surface area contributed by atoms with Crippen molar-refractivity contribution in [2.45, 2.75) is 33.1 Å². The van der Waals surface area contributed by atoms with Crippen molar-refractivity contribution in [1.29, 1.82) is 16.1 Å². The fourth-order valence-electron chi connectivity index (χ4n) is 7.17. The van der Waals surface area contributed by atoms with Gasteiger partial charge in [0, 0.05) is 55.6 Å². The van der Waals surface area contributed by atoms with Crippen LogP contribution in [0, 0.1) is 41.4 Å². The number of amides is 3. The Morgan fingerprint density at radius 1 is 0.960 bits per heavy atom. The molecule has 3 N–H and O–H groups in total. The fourth-order valence-corrected chi connectivity index (χ4v) is 7.17. The number of nitrogens with zero attached hydrogens (tertiary/aromatic N) is 4. The van der Waals surface area contributed by atoms with Gasteiger partial charge in [0.25, 0.3) is 0 Å². The van der Waals surface area contributed by atoms with E-state index in [-0.39, 0.29) is 24.3 Å². The number of hydrogen-bond acceptors (Lipinski definition) is 8. The second-order valence-electron chi connectivity index (χ2n) is 13.3. The molecule has 3 aromatic rings. The summed E-state index contributed by atoms with van der Waals surface area (Å²) in [5.41, 5.74) is 7.06. The summed E-state index contributed by atoms with van der Waals surface area (Å²) >= 11 is 0. The lowest BCUT2D eigenvalue weighted by Crippen LogP contribution is -2.43. The monoisotopic (exact) mass is 671 g/mol. The smallest absolute Gasteiger partial charge is 0.391 e. The highest BCUT2D eigenvalue weighted by molar-refractivity contribution is 6.13. The van der Waals surface area contributed by atoms with Crippen LogP contribution in [0.5, 0.6) is 0 Å². The number of carbonyl (C=O) groups excluding carboxylic acids is 3. The molecular weight excluding hydrogens is 630 g/mol. The summed E-state index contributed by atoms with van der Waals surface area (Å²) in [4.78, 5) is 44.6. The van der Waals surface area contributed by atoms with Crippen molar-refractivity contribution in [2.24, 2.45) is 5.41 Å². The van der Waals surface area contributed by atoms with Gasteiger partial charge >= 0.3 is 6.09 Å². The number of nitrogens with one attached hydrogen (secondary N) is 3. The van der Waals surface area contributed by atoms with Crippen LogP contribution < -0.4 is 10.2 Å². The van der Waals surface area contributed by atoms with Gasteiger partial charge in [0.15, 0.2) is 0 Å². The van der Waals surface area contributed by atoms with E-state index < -0.39 is 11.5 Å². The number of anilines is 1. The van der Waals surface area contributed by atoms with Crippen LogP contribution in [0.3, 0.4) is 0 Å². The van der Waals surface area contributed by atoms with Crippen molar-refractivity contribution in [3.8, 4) is 6.07 Å². The molecule has 6 rings (SSSR count). The zero-order chi connectivity index (χ0) is 35.6. The Hall–Kier alpha value is -5.60. The molecule has 3 aliphatic rings. The summed E-state index contributed by atoms with van der Waals surface area (Å²) < 4.78 is 4.90. The highest BCUT2D eigenvalue weighted by Gasteiger charge is 2.51. The van der Waals surface area contributed by atoms with Gasteiger partial charge in [-0.25, -0.2) is 4.79 Å². The van der Waals surface area contributed by atoms with Gasteiger partial charge in [0.2, 0.25) is 17.7 Å². The third-order valence-corrected chi connectivity index (χ3v) is 10.2. The van der Waals surface area contributed by atoms with Gasteiger partial charge in [0.1, 0.15) is 0 Å². The van der Waals surface area contributed by atoms with E-state index in [1.807, 2.05) is 60.0 Å². The zero-order valence-corrected chi connectivity index (χ0v) is 28.6. The maximum atomic E-state index is 14.0. The van der Waals surface area contributed by atoms with Gasteiger partial charge in [0.05, 0.1) is 29.3 Å². The van der Waals surface area contributed by atoms with Crippen LogP contribution in [0.2, 0.25) is 0 Å². The molecule has 11 heteroatoms. The molecule has 3 aromatic carbocycles. The lowest BCUT2D eigenvalue weighted by Gasteiger charge is -2.29. The van der Waals surface area contributed by atoms with Crippen molar-refractivity contribution in [2.75, 3.05) is 51.2 Å². The molecule has 0 aliphatic carbocycles. The Kier molecular flexibility index (Phi) is 9.66. The van der Waals surface area contributed by atoms with Crippen LogP contribution in [0.25, 0.3) is 5.57 Å². The third kappa shape index (κ3) is 6.80. The summed E-state index contributed by atoms with van der Waals surface area (Å²) in [5.74, 6) is -0.0951. The van der Waals surface area contributed by atoms with Gasteiger partial charge in [-0.1, -0.05) is 30.3 Å². The van der Waals surface area contributed by atoms with E-state index in [1.165, 1.54) is 7.05 Å². The summed E-state index contributed by atoms with van der Waals surface area (Å²) in [5, 5.41) is 28.5. The number of likely N-dealkylation sites (tertiary alicyclic amines) is 1. The minimum atomic E-state index is -0.688. The first-order valence-electron chi connectivity index (χ1n) is 16.8. The number of aryl methyl sites for hydroxylation is 2. The molecule has 1 atom stereocenters. The molecule has 3 aliphatic heterocycles. The van der Waals surface area contributed by atoms with Crippen LogP contribution in [0.1, 0.15) is 58.2 Å². The lowest BCUT2D eigenvalue weighted by atomic mass is 9.85. The van der Waals surface area contributed by atoms with Crippen molar-refractivity contribution < 1.29 is 19.1 Å². The molecule has 3 heterocycles. The van der Waals surface area contributed by atoms with Gasteiger partial charge in [-0.3, -0.25) is 25.3 Å². The van der Waals surface area contributed by atoms with E-state index in [9.17, 15) is 19.6 Å². The quantitative estimate of drug-likeness (QED) is 0.237. The first-order chi connectivity index (χ1) is 24.0. The molecule has 0 saturated carbocycles. The van der Waals surface area contributed by atoms with Gasteiger partial charge in [-0.05, 0) is 98.3 Å². The zero-order valence-electron chi connectivity index (χ0n) is 28.6. The number of alkyl carbamates (subject to hydrolysis) is 1. The molecule has 3 amide bonds. The molecular formula is C39H41N7O4. The van der Waals surface area contributed by atoms with E-state index >= 15 is 0 Å². The van der Waals surface area contributed by atoms with Crippen molar-refractivity contribution in [3.63, 3.8) is 0 Å². The Morgan fingerprint density at radius 2 is 1.70 bits per heavy atom. The van der Waals surface area contributed by atoms with Crippen LogP contribution in [0.15, 0.2) is 66.7 Å². The van der Waals surface area contributed by atoms with Gasteiger partial charge in [-0.15, -0.1) is 0 Å². The molecule has 11 nitrogen and oxygen atoms in total. The average molecular weight is 672 g/mol. The van der Waals surface area contributed by atoms with Gasteiger partial charge in [-0.2, -0.15) is 5.26 Å². The van der Waals surface area contributed by atoms with Crippen molar-refractivity contribution in [3.05, 3.63) is 106 Å². The van der Waals surface area contributed by atoms with E-state index in [0.29, 0.717) is 62.4 Å². The van der Waals surface area contributed by atoms with E-state index in [4.69, 9.17) is 15.6 Å². The van der Waals surface area contributed by atoms with E-state index in [0.717, 1.165) is 45.5 Å². The lowest BCUT2D eigenvalue weighted by molar-refractivity contribution is -0.132. The minimum Gasteiger partial charge on any atom is -0.391 e. The molecule has 0 radical (unpaired) electrons. The molecule has 0 unspecified atom stereocenters. The first-order valence-corrected chi connectivity index (χ1v) is 16.8. The molecule has 2 fully saturated rings. The third-order valence-electron chi connectivity index (χ3n) is 10.2. The van der Waals surface area contributed by atoms with Crippen LogP contribution >= 0.6 is 0 Å². The topological polar surface area (TPSA) is 154 Å². The van der Waals surface area contributed by atoms with Crippen LogP contribution in [-0.4, -0.2) is 85.6 Å². The SMILES string of the molecule is CNC(=O)OC(=N)c1ccc(C2=CCN(C(=O)CN3CC[C@]4(CCN(c5ccc(C)c(C(=N)c6ccc(C#N)c(C)c6)c5)C4=O)C3)CC2)cc1. The predicted octanol–water partition coefficient (Wildman–Crippen LogP) is 5.02. The number of carbonyl (C=O) groups is 3. The summed E-state index contributed by atoms with van der Waals surface area (Å²) in [6, 6.07) is 20.7. The molecule has 1 spiro atoms. The maximum absolute atomic E-state index is 14.0. The Bertz CT molecular complexity index is 1960. The minimum absolute atomic E-state index is 0.0505. The number of benzene rings is 3. The Balaban J connectivity index is 1.05.